The van der Waals surface area contributed by atoms with E-state index in [-0.39, 0.29) is 12.5 Å². The van der Waals surface area contributed by atoms with Crippen molar-refractivity contribution in [2.45, 2.75) is 25.3 Å². The van der Waals surface area contributed by atoms with Crippen molar-refractivity contribution in [2.24, 2.45) is 0 Å². The molecule has 0 bridgehead atoms. The van der Waals surface area contributed by atoms with E-state index in [4.69, 9.17) is 10.8 Å². The number of anilines is 1. The molecular weight excluding hydrogens is 268 g/mol. The van der Waals surface area contributed by atoms with E-state index in [2.05, 4.69) is 4.90 Å². The predicted molar refractivity (Wildman–Crippen MR) is 81.2 cm³/mol. The number of nitrogen functional groups attached to an aromatic ring is 1. The third kappa shape index (κ3) is 3.22. The van der Waals surface area contributed by atoms with Crippen LogP contribution in [0, 0.1) is 0 Å². The monoisotopic (exact) mass is 292 g/mol. The minimum Gasteiger partial charge on any atom is -0.397 e. The highest BCUT2D eigenvalue weighted by molar-refractivity contribution is 5.94. The van der Waals surface area contributed by atoms with Gasteiger partial charge in [-0.15, -0.1) is 0 Å². The number of hydrogen-bond acceptors (Lipinski definition) is 4. The largest absolute Gasteiger partial charge is 0.397 e. The van der Waals surface area contributed by atoms with E-state index in [0.717, 1.165) is 44.6 Å². The topological polar surface area (TPSA) is 74.7 Å². The van der Waals surface area contributed by atoms with Crippen molar-refractivity contribution < 1.29 is 9.90 Å². The van der Waals surface area contributed by atoms with Gasteiger partial charge in [0, 0.05) is 38.4 Å². The van der Waals surface area contributed by atoms with Crippen LogP contribution in [0.3, 0.4) is 0 Å². The van der Waals surface area contributed by atoms with E-state index >= 15 is 0 Å². The average Bonchev–Trinajstić information content (AvgIpc) is 3.26. The van der Waals surface area contributed by atoms with Gasteiger partial charge >= 0.3 is 0 Å². The summed E-state index contributed by atoms with van der Waals surface area (Å²) in [6.45, 7) is 4.12. The van der Waals surface area contributed by atoms with Gasteiger partial charge in [-0.1, -0.05) is 0 Å². The summed E-state index contributed by atoms with van der Waals surface area (Å²) in [5.74, 6) is 0.0875. The molecule has 1 amide bonds. The summed E-state index contributed by atoms with van der Waals surface area (Å²) in [4.78, 5) is 16.9. The Balaban J connectivity index is 1.70. The van der Waals surface area contributed by atoms with Crippen molar-refractivity contribution in [1.82, 2.24) is 14.4 Å². The molecule has 3 rings (SSSR count). The Bertz CT molecular complexity index is 510. The third-order valence-electron chi connectivity index (χ3n) is 4.32. The number of aliphatic hydroxyl groups excluding tert-OH is 1. The first-order valence-corrected chi connectivity index (χ1v) is 7.79. The van der Waals surface area contributed by atoms with Gasteiger partial charge in [0.2, 0.25) is 0 Å². The second-order valence-electron chi connectivity index (χ2n) is 6.01. The number of β-amino-alcohol motifs (C(OH)–C–C–N with tert-alkyl or cyclic N) is 1. The van der Waals surface area contributed by atoms with E-state index < -0.39 is 0 Å². The number of aromatic nitrogens is 1. The van der Waals surface area contributed by atoms with Gasteiger partial charge in [-0.2, -0.15) is 0 Å². The van der Waals surface area contributed by atoms with Gasteiger partial charge in [-0.05, 0) is 31.9 Å². The Kier molecular flexibility index (Phi) is 4.17. The van der Waals surface area contributed by atoms with E-state index in [9.17, 15) is 4.79 Å². The third-order valence-corrected chi connectivity index (χ3v) is 4.32. The average molecular weight is 292 g/mol. The van der Waals surface area contributed by atoms with Gasteiger partial charge in [-0.3, -0.25) is 9.69 Å². The molecule has 1 aromatic rings. The van der Waals surface area contributed by atoms with E-state index in [1.807, 2.05) is 15.7 Å². The number of hydrogen-bond donors (Lipinski definition) is 2. The SMILES string of the molecule is Nc1cc(C(=O)N2CCCN(CCO)CC2)n(C2CC2)c1. The molecule has 0 radical (unpaired) electrons. The standard InChI is InChI=1S/C15H24N4O2/c16-12-10-14(19(11-12)13-2-3-13)15(21)18-5-1-4-17(6-7-18)8-9-20/h10-11,13,20H,1-9,16H2. The minimum absolute atomic E-state index is 0.0875. The molecule has 0 atom stereocenters. The Hall–Kier alpha value is -1.53. The van der Waals surface area contributed by atoms with Gasteiger partial charge in [0.05, 0.1) is 12.3 Å². The van der Waals surface area contributed by atoms with E-state index in [1.54, 1.807) is 6.07 Å². The molecular formula is C15H24N4O2. The van der Waals surface area contributed by atoms with Crippen LogP contribution in [-0.2, 0) is 0 Å². The van der Waals surface area contributed by atoms with Crippen LogP contribution >= 0.6 is 0 Å². The van der Waals surface area contributed by atoms with Crippen molar-refractivity contribution in [3.63, 3.8) is 0 Å². The number of amides is 1. The maximum atomic E-state index is 12.8. The summed E-state index contributed by atoms with van der Waals surface area (Å²) in [5, 5.41) is 9.03. The second-order valence-corrected chi connectivity index (χ2v) is 6.01. The molecule has 1 aliphatic heterocycles. The Labute approximate surface area is 125 Å². The summed E-state index contributed by atoms with van der Waals surface area (Å²) < 4.78 is 2.05. The van der Waals surface area contributed by atoms with Crippen molar-refractivity contribution in [3.05, 3.63) is 18.0 Å². The fourth-order valence-electron chi connectivity index (χ4n) is 3.03. The zero-order valence-electron chi connectivity index (χ0n) is 12.4. The maximum Gasteiger partial charge on any atom is 0.270 e. The lowest BCUT2D eigenvalue weighted by molar-refractivity contribution is 0.0749. The molecule has 1 saturated carbocycles. The first-order chi connectivity index (χ1) is 10.2. The zero-order chi connectivity index (χ0) is 14.8. The molecule has 1 aliphatic carbocycles. The molecule has 21 heavy (non-hydrogen) atoms. The lowest BCUT2D eigenvalue weighted by Gasteiger charge is -2.22. The molecule has 3 N–H and O–H groups in total. The fourth-order valence-corrected chi connectivity index (χ4v) is 3.03. The number of nitrogens with two attached hydrogens (primary N) is 1. The van der Waals surface area contributed by atoms with Gasteiger partial charge < -0.3 is 20.3 Å². The summed E-state index contributed by atoms with van der Waals surface area (Å²) in [6.07, 6.45) is 5.11. The van der Waals surface area contributed by atoms with Crippen LogP contribution in [0.25, 0.3) is 0 Å². The summed E-state index contributed by atoms with van der Waals surface area (Å²) in [5.41, 5.74) is 7.27. The summed E-state index contributed by atoms with van der Waals surface area (Å²) >= 11 is 0. The Morgan fingerprint density at radius 3 is 2.81 bits per heavy atom. The smallest absolute Gasteiger partial charge is 0.270 e. The van der Waals surface area contributed by atoms with Crippen LogP contribution < -0.4 is 5.73 Å². The maximum absolute atomic E-state index is 12.8. The van der Waals surface area contributed by atoms with Crippen molar-refractivity contribution in [3.8, 4) is 0 Å². The lowest BCUT2D eigenvalue weighted by Crippen LogP contribution is -2.36. The number of aliphatic hydroxyl groups is 1. The highest BCUT2D eigenvalue weighted by Gasteiger charge is 2.30. The molecule has 2 fully saturated rings. The molecule has 6 nitrogen and oxygen atoms in total. The Morgan fingerprint density at radius 2 is 2.10 bits per heavy atom. The van der Waals surface area contributed by atoms with Crippen LogP contribution in [0.4, 0.5) is 5.69 Å². The molecule has 2 heterocycles. The Morgan fingerprint density at radius 1 is 1.29 bits per heavy atom. The van der Waals surface area contributed by atoms with Gasteiger partial charge in [-0.25, -0.2) is 0 Å². The summed E-state index contributed by atoms with van der Waals surface area (Å²) in [7, 11) is 0. The fraction of sp³-hybridized carbons (Fsp3) is 0.667. The minimum atomic E-state index is 0.0875. The highest BCUT2D eigenvalue weighted by Crippen LogP contribution is 2.37. The van der Waals surface area contributed by atoms with Crippen molar-refractivity contribution >= 4 is 11.6 Å². The van der Waals surface area contributed by atoms with Gasteiger partial charge in [0.15, 0.2) is 0 Å². The number of carbonyl (C=O) groups excluding carboxylic acids is 1. The first kappa shape index (κ1) is 14.4. The van der Waals surface area contributed by atoms with Crippen LogP contribution in [0.1, 0.15) is 35.8 Å². The molecule has 1 aromatic heterocycles. The van der Waals surface area contributed by atoms with Crippen LogP contribution in [0.5, 0.6) is 0 Å². The molecule has 0 spiro atoms. The highest BCUT2D eigenvalue weighted by atomic mass is 16.3. The van der Waals surface area contributed by atoms with Crippen LogP contribution in [0.2, 0.25) is 0 Å². The van der Waals surface area contributed by atoms with Crippen molar-refractivity contribution in [1.29, 1.82) is 0 Å². The summed E-state index contributed by atoms with van der Waals surface area (Å²) in [6, 6.07) is 2.26. The molecule has 1 saturated heterocycles. The number of nitrogens with zero attached hydrogens (tertiary/aromatic N) is 3. The van der Waals surface area contributed by atoms with Gasteiger partial charge in [0.1, 0.15) is 5.69 Å². The van der Waals surface area contributed by atoms with Crippen molar-refractivity contribution in [2.75, 3.05) is 45.1 Å². The number of carbonyl (C=O) groups is 1. The van der Waals surface area contributed by atoms with Crippen LogP contribution in [0.15, 0.2) is 12.3 Å². The molecule has 0 aromatic carbocycles. The van der Waals surface area contributed by atoms with E-state index in [1.165, 1.54) is 0 Å². The quantitative estimate of drug-likeness (QED) is 0.849. The lowest BCUT2D eigenvalue weighted by atomic mass is 10.3. The first-order valence-electron chi connectivity index (χ1n) is 7.79. The molecule has 2 aliphatic rings. The normalized spacial score (nSPS) is 20.5. The molecule has 116 valence electrons. The molecule has 6 heteroatoms. The van der Waals surface area contributed by atoms with Crippen LogP contribution in [-0.4, -0.2) is 64.7 Å². The second kappa shape index (κ2) is 6.07. The van der Waals surface area contributed by atoms with Gasteiger partial charge in [0.25, 0.3) is 5.91 Å². The predicted octanol–water partition coefficient (Wildman–Crippen LogP) is 0.545. The zero-order valence-corrected chi connectivity index (χ0v) is 12.4. The van der Waals surface area contributed by atoms with E-state index in [0.29, 0.717) is 24.8 Å². The number of rotatable bonds is 4. The molecule has 0 unspecified atom stereocenters.